The van der Waals surface area contributed by atoms with Crippen molar-refractivity contribution in [2.75, 3.05) is 23.0 Å². The second kappa shape index (κ2) is 24.3. The van der Waals surface area contributed by atoms with Crippen LogP contribution in [0, 0.1) is 0 Å². The maximum absolute atomic E-state index is 5.93. The standard InChI is InChI=1S/C30H25Br2NO.C30H27NO.BHNS/c1-2-3-20-34-22-14-12-21(13-15-22)33(29-18-16-27(31)23-8-4-6-10-25(23)29)30-19-17-28(32)24-9-5-7-11-26(24)30;1-2-3-22-32-26-20-18-25(19-21-26)31(29-16-8-12-23-10-4-6-14-27(23)29)30-17-9-13-24-11-5-7-15-28(24)30;1-2-3/h4-19H,2-3,20H2,1H3;4-21H,2-3,22H2,1H3;3H. The molecule has 0 heterocycles. The Labute approximate surface area is 429 Å². The average Bonchev–Trinajstić information content (AvgIpc) is 3.39. The van der Waals surface area contributed by atoms with Gasteiger partial charge in [-0.1, -0.05) is 180 Å². The van der Waals surface area contributed by atoms with Crippen LogP contribution in [0.25, 0.3) is 43.1 Å². The van der Waals surface area contributed by atoms with Gasteiger partial charge in [0, 0.05) is 41.9 Å². The topological polar surface area (TPSA) is 37.3 Å². The van der Waals surface area contributed by atoms with Gasteiger partial charge in [-0.25, -0.2) is 0 Å². The molecule has 0 atom stereocenters. The number of anilines is 6. The van der Waals surface area contributed by atoms with Gasteiger partial charge in [0.1, 0.15) is 11.5 Å². The summed E-state index contributed by atoms with van der Waals surface area (Å²) in [4.78, 5) is 4.71. The monoisotopic (exact) mass is 1050 g/mol. The molecule has 0 aliphatic rings. The Kier molecular flexibility index (Phi) is 17.2. The van der Waals surface area contributed by atoms with Crippen LogP contribution in [0.2, 0.25) is 0 Å². The van der Waals surface area contributed by atoms with Gasteiger partial charge in [-0.05, 0) is 119 Å². The summed E-state index contributed by atoms with van der Waals surface area (Å²) in [5.41, 5.74) is 6.79. The van der Waals surface area contributed by atoms with E-state index in [1.54, 1.807) is 0 Å². The minimum atomic E-state index is 0.744. The number of ether oxygens (including phenoxy) is 2. The zero-order valence-corrected chi connectivity index (χ0v) is 42.9. The molecule has 1 radical (unpaired) electrons. The predicted molar refractivity (Wildman–Crippen MR) is 306 cm³/mol. The Hall–Kier alpha value is -6.39. The van der Waals surface area contributed by atoms with E-state index in [1.165, 1.54) is 54.5 Å². The molecule has 343 valence electrons. The zero-order valence-electron chi connectivity index (χ0n) is 38.8. The van der Waals surface area contributed by atoms with E-state index in [0.29, 0.717) is 0 Å². The van der Waals surface area contributed by atoms with E-state index < -0.39 is 0 Å². The average molecular weight is 1050 g/mol. The first-order chi connectivity index (χ1) is 33.9. The molecule has 5 nitrogen and oxygen atoms in total. The Balaban J connectivity index is 0.000000176. The summed E-state index contributed by atoms with van der Waals surface area (Å²) in [5.74, 6) is 1.82. The number of hydrogen-bond acceptors (Lipinski definition) is 6. The molecule has 10 aromatic carbocycles. The van der Waals surface area contributed by atoms with Gasteiger partial charge in [0.05, 0.1) is 36.0 Å². The molecule has 0 saturated heterocycles. The van der Waals surface area contributed by atoms with Gasteiger partial charge in [0.15, 0.2) is 0 Å². The molecule has 0 saturated carbocycles. The van der Waals surface area contributed by atoms with Gasteiger partial charge in [-0.2, -0.15) is 0 Å². The fraction of sp³-hybridized carbons (Fsp3) is 0.133. The summed E-state index contributed by atoms with van der Waals surface area (Å²) in [6.45, 7) is 5.86. The Bertz CT molecular complexity index is 3120. The molecule has 0 unspecified atom stereocenters. The van der Waals surface area contributed by atoms with Crippen molar-refractivity contribution in [3.8, 4) is 11.5 Å². The number of benzene rings is 10. The predicted octanol–water partition coefficient (Wildman–Crippen LogP) is 19.0. The summed E-state index contributed by atoms with van der Waals surface area (Å²) in [6.07, 6.45) is 4.39. The van der Waals surface area contributed by atoms with Crippen molar-refractivity contribution in [3.05, 3.63) is 215 Å². The summed E-state index contributed by atoms with van der Waals surface area (Å²) < 4.78 is 16.7. The Morgan fingerprint density at radius 3 is 1.10 bits per heavy atom. The molecule has 0 aliphatic heterocycles. The number of hydrogen-bond donors (Lipinski definition) is 1. The van der Waals surface area contributed by atoms with Crippen molar-refractivity contribution in [2.24, 2.45) is 4.30 Å². The number of thiol groups is 1. The van der Waals surface area contributed by atoms with Crippen LogP contribution in [-0.4, -0.2) is 20.9 Å². The van der Waals surface area contributed by atoms with Crippen LogP contribution in [0.15, 0.2) is 220 Å². The second-order valence-electron chi connectivity index (χ2n) is 16.4. The van der Waals surface area contributed by atoms with E-state index in [-0.39, 0.29) is 0 Å². The van der Waals surface area contributed by atoms with Crippen molar-refractivity contribution in [1.82, 2.24) is 0 Å². The van der Waals surface area contributed by atoms with E-state index in [1.807, 2.05) is 0 Å². The Morgan fingerprint density at radius 2 is 0.725 bits per heavy atom. The number of rotatable bonds is 14. The number of nitrogens with zero attached hydrogens (tertiary/aromatic N) is 3. The molecular formula is C60H53BBr2N3O2S. The molecule has 0 bridgehead atoms. The molecule has 0 fully saturated rings. The second-order valence-corrected chi connectivity index (χ2v) is 18.3. The van der Waals surface area contributed by atoms with E-state index in [2.05, 4.69) is 287 Å². The van der Waals surface area contributed by atoms with Crippen LogP contribution in [0.5, 0.6) is 11.5 Å². The van der Waals surface area contributed by atoms with Crippen LogP contribution in [0.4, 0.5) is 34.1 Å². The van der Waals surface area contributed by atoms with Gasteiger partial charge in [0.2, 0.25) is 0 Å². The molecular weight excluding hydrogens is 997 g/mol. The molecule has 0 aliphatic carbocycles. The third-order valence-electron chi connectivity index (χ3n) is 11.9. The van der Waals surface area contributed by atoms with Gasteiger partial charge >= 0.3 is 24.8 Å². The molecule has 0 spiro atoms. The normalized spacial score (nSPS) is 10.8. The first-order valence-corrected chi connectivity index (χ1v) is 25.3. The fourth-order valence-electron chi connectivity index (χ4n) is 8.56. The van der Waals surface area contributed by atoms with Crippen molar-refractivity contribution < 1.29 is 9.47 Å². The van der Waals surface area contributed by atoms with Crippen LogP contribution in [0.3, 0.4) is 0 Å². The summed E-state index contributed by atoms with van der Waals surface area (Å²) in [5, 5.41) is 9.66. The molecule has 0 N–H and O–H groups in total. The van der Waals surface area contributed by atoms with Crippen molar-refractivity contribution in [1.29, 1.82) is 0 Å². The van der Waals surface area contributed by atoms with Crippen molar-refractivity contribution in [3.63, 3.8) is 0 Å². The third-order valence-corrected chi connectivity index (χ3v) is 13.3. The van der Waals surface area contributed by atoms with E-state index in [9.17, 15) is 0 Å². The van der Waals surface area contributed by atoms with Crippen LogP contribution in [-0.2, 0) is 0 Å². The van der Waals surface area contributed by atoms with Gasteiger partial charge in [-0.15, -0.1) is 0 Å². The minimum absolute atomic E-state index is 0.744. The van der Waals surface area contributed by atoms with Crippen LogP contribution >= 0.6 is 44.7 Å². The van der Waals surface area contributed by atoms with Gasteiger partial charge in [-0.3, -0.25) is 0 Å². The maximum atomic E-state index is 5.93. The van der Waals surface area contributed by atoms with Gasteiger partial charge in [0.25, 0.3) is 0 Å². The molecule has 69 heavy (non-hydrogen) atoms. The zero-order chi connectivity index (χ0) is 48.0. The van der Waals surface area contributed by atoms with Crippen molar-refractivity contribution >= 4 is 130 Å². The number of halogens is 2. The van der Waals surface area contributed by atoms with E-state index >= 15 is 0 Å². The molecule has 9 heteroatoms. The number of fused-ring (bicyclic) bond motifs is 4. The quantitative estimate of drug-likeness (QED) is 0.0669. The van der Waals surface area contributed by atoms with Crippen molar-refractivity contribution in [2.45, 2.75) is 39.5 Å². The van der Waals surface area contributed by atoms with Crippen LogP contribution in [0.1, 0.15) is 39.5 Å². The van der Waals surface area contributed by atoms with Crippen LogP contribution < -0.4 is 19.3 Å². The molecule has 10 aromatic rings. The SMILES string of the molecule is CCCCOc1ccc(N(c2ccc(Br)c3ccccc23)c2ccc(Br)c3ccccc23)cc1.CCCCOc1ccc(N(c2cccc3ccccc23)c2cccc3ccccc23)cc1.[B]=NS. The first-order valence-electron chi connectivity index (χ1n) is 23.3. The third kappa shape index (κ3) is 11.6. The fourth-order valence-corrected chi connectivity index (χ4v) is 9.51. The Morgan fingerprint density at radius 1 is 0.406 bits per heavy atom. The number of unbranched alkanes of at least 4 members (excludes halogenated alkanes) is 2. The summed E-state index contributed by atoms with van der Waals surface area (Å²) in [6, 6.07) is 72.8. The summed E-state index contributed by atoms with van der Waals surface area (Å²) in [7, 11) is 4.34. The van der Waals surface area contributed by atoms with E-state index in [4.69, 9.17) is 9.47 Å². The summed E-state index contributed by atoms with van der Waals surface area (Å²) >= 11 is 10.7. The molecule has 10 rings (SSSR count). The molecule has 0 amide bonds. The first kappa shape index (κ1) is 49.1. The van der Waals surface area contributed by atoms with E-state index in [0.717, 1.165) is 82.1 Å². The molecule has 0 aromatic heterocycles. The van der Waals surface area contributed by atoms with Gasteiger partial charge < -0.3 is 19.3 Å².